The molecule has 130 valence electrons. The molecule has 2 heterocycles. The van der Waals surface area contributed by atoms with E-state index in [1.54, 1.807) is 0 Å². The van der Waals surface area contributed by atoms with Gasteiger partial charge in [-0.05, 0) is 62.2 Å². The summed E-state index contributed by atoms with van der Waals surface area (Å²) in [4.78, 5) is 12.4. The molecule has 3 nitrogen and oxygen atoms in total. The molecule has 4 heteroatoms. The van der Waals surface area contributed by atoms with Gasteiger partial charge in [-0.25, -0.2) is 0 Å². The highest BCUT2D eigenvalue weighted by atomic mass is 35.5. The van der Waals surface area contributed by atoms with Crippen LogP contribution in [0.4, 0.5) is 5.69 Å². The molecule has 1 aromatic heterocycles. The predicted molar refractivity (Wildman–Crippen MR) is 108 cm³/mol. The zero-order valence-corrected chi connectivity index (χ0v) is 15.7. The van der Waals surface area contributed by atoms with E-state index in [-0.39, 0.29) is 5.91 Å². The second-order valence-corrected chi connectivity index (χ2v) is 7.06. The highest BCUT2D eigenvalue weighted by molar-refractivity contribution is 6.35. The molecule has 1 amide bonds. The largest absolute Gasteiger partial charge is 0.321 e. The van der Waals surface area contributed by atoms with Crippen LogP contribution in [0.15, 0.2) is 48.5 Å². The van der Waals surface area contributed by atoms with E-state index in [0.717, 1.165) is 44.5 Å². The molecule has 0 radical (unpaired) electrons. The van der Waals surface area contributed by atoms with Gasteiger partial charge >= 0.3 is 0 Å². The second kappa shape index (κ2) is 6.19. The fourth-order valence-electron chi connectivity index (χ4n) is 3.49. The quantitative estimate of drug-likeness (QED) is 0.596. The van der Waals surface area contributed by atoms with Crippen molar-refractivity contribution in [2.45, 2.75) is 20.8 Å². The maximum atomic E-state index is 12.4. The first kappa shape index (κ1) is 16.7. The number of para-hydroxylation sites is 1. The average molecular weight is 363 g/mol. The van der Waals surface area contributed by atoms with Crippen molar-refractivity contribution in [3.63, 3.8) is 0 Å². The number of anilines is 1. The summed E-state index contributed by atoms with van der Waals surface area (Å²) in [6.07, 6.45) is 1.97. The Balaban J connectivity index is 1.83. The number of carbonyl (C=O) groups is 1. The Hall–Kier alpha value is -2.78. The SMILES string of the molecule is Cc1ccc(-n2c(C)cc(/C=C3/C(=O)Nc4ccccc43)c2C)cc1Cl. The number of carbonyl (C=O) groups excluding carboxylic acids is 1. The summed E-state index contributed by atoms with van der Waals surface area (Å²) in [6.45, 7) is 6.12. The molecule has 0 aliphatic carbocycles. The third-order valence-corrected chi connectivity index (χ3v) is 5.30. The fourth-order valence-corrected chi connectivity index (χ4v) is 3.66. The molecule has 0 spiro atoms. The van der Waals surface area contributed by atoms with Crippen molar-refractivity contribution in [2.24, 2.45) is 0 Å². The Kier molecular flexibility index (Phi) is 3.97. The molecule has 4 rings (SSSR count). The van der Waals surface area contributed by atoms with Crippen molar-refractivity contribution in [2.75, 3.05) is 5.32 Å². The Morgan fingerprint density at radius 1 is 1.04 bits per heavy atom. The maximum absolute atomic E-state index is 12.4. The summed E-state index contributed by atoms with van der Waals surface area (Å²) in [6, 6.07) is 15.9. The monoisotopic (exact) mass is 362 g/mol. The zero-order chi connectivity index (χ0) is 18.4. The van der Waals surface area contributed by atoms with Gasteiger partial charge in [0.15, 0.2) is 0 Å². The van der Waals surface area contributed by atoms with Crippen molar-refractivity contribution < 1.29 is 4.79 Å². The summed E-state index contributed by atoms with van der Waals surface area (Å²) in [5.74, 6) is -0.0608. The van der Waals surface area contributed by atoms with E-state index < -0.39 is 0 Å². The Morgan fingerprint density at radius 2 is 1.81 bits per heavy atom. The van der Waals surface area contributed by atoms with Gasteiger partial charge in [-0.15, -0.1) is 0 Å². The standard InChI is InChI=1S/C22H19ClN2O/c1-13-8-9-17(12-20(13)23)25-14(2)10-16(15(25)3)11-19-18-6-4-5-7-21(18)24-22(19)26/h4-12H,1-3H3,(H,24,26)/b19-11+. The summed E-state index contributed by atoms with van der Waals surface area (Å²) in [5.41, 5.74) is 7.79. The number of halogens is 1. The van der Waals surface area contributed by atoms with Crippen LogP contribution in [0.25, 0.3) is 17.3 Å². The lowest BCUT2D eigenvalue weighted by Crippen LogP contribution is -2.03. The van der Waals surface area contributed by atoms with Crippen LogP contribution in [0.5, 0.6) is 0 Å². The Morgan fingerprint density at radius 3 is 2.58 bits per heavy atom. The molecule has 3 aromatic rings. The minimum absolute atomic E-state index is 0.0608. The van der Waals surface area contributed by atoms with Gasteiger partial charge in [0.25, 0.3) is 5.91 Å². The van der Waals surface area contributed by atoms with Crippen LogP contribution < -0.4 is 5.32 Å². The predicted octanol–water partition coefficient (Wildman–Crippen LogP) is 5.55. The number of nitrogens with zero attached hydrogens (tertiary/aromatic N) is 1. The summed E-state index contributed by atoms with van der Waals surface area (Å²) in [7, 11) is 0. The van der Waals surface area contributed by atoms with Gasteiger partial charge in [-0.2, -0.15) is 0 Å². The van der Waals surface area contributed by atoms with Crippen LogP contribution in [0, 0.1) is 20.8 Å². The molecule has 26 heavy (non-hydrogen) atoms. The van der Waals surface area contributed by atoms with Crippen molar-refractivity contribution in [3.8, 4) is 5.69 Å². The van der Waals surface area contributed by atoms with E-state index in [1.807, 2.05) is 49.4 Å². The molecule has 0 fully saturated rings. The third kappa shape index (κ3) is 2.65. The van der Waals surface area contributed by atoms with Gasteiger partial charge in [0, 0.05) is 38.9 Å². The van der Waals surface area contributed by atoms with Gasteiger partial charge in [-0.1, -0.05) is 35.9 Å². The van der Waals surface area contributed by atoms with Gasteiger partial charge in [0.1, 0.15) is 0 Å². The molecule has 2 aromatic carbocycles. The van der Waals surface area contributed by atoms with E-state index in [9.17, 15) is 4.79 Å². The molecule has 0 saturated heterocycles. The topological polar surface area (TPSA) is 34.0 Å². The molecule has 1 N–H and O–H groups in total. The van der Waals surface area contributed by atoms with Crippen molar-refractivity contribution in [3.05, 3.63) is 81.6 Å². The first-order valence-electron chi connectivity index (χ1n) is 8.53. The lowest BCUT2D eigenvalue weighted by Gasteiger charge is -2.11. The molecular formula is C22H19ClN2O. The van der Waals surface area contributed by atoms with Gasteiger partial charge < -0.3 is 9.88 Å². The third-order valence-electron chi connectivity index (χ3n) is 4.89. The van der Waals surface area contributed by atoms with Gasteiger partial charge in [-0.3, -0.25) is 4.79 Å². The molecule has 0 saturated carbocycles. The number of aromatic nitrogens is 1. The number of hydrogen-bond acceptors (Lipinski definition) is 1. The molecule has 0 unspecified atom stereocenters. The number of amides is 1. The highest BCUT2D eigenvalue weighted by Crippen LogP contribution is 2.34. The van der Waals surface area contributed by atoms with E-state index in [4.69, 9.17) is 11.6 Å². The fraction of sp³-hybridized carbons (Fsp3) is 0.136. The number of fused-ring (bicyclic) bond motifs is 1. The summed E-state index contributed by atoms with van der Waals surface area (Å²) < 4.78 is 2.16. The molecule has 1 aliphatic heterocycles. The van der Waals surface area contributed by atoms with Crippen LogP contribution >= 0.6 is 11.6 Å². The van der Waals surface area contributed by atoms with Crippen LogP contribution in [0.2, 0.25) is 5.02 Å². The smallest absolute Gasteiger partial charge is 0.256 e. The molecule has 1 aliphatic rings. The lowest BCUT2D eigenvalue weighted by atomic mass is 10.0. The second-order valence-electron chi connectivity index (χ2n) is 6.65. The van der Waals surface area contributed by atoms with Crippen molar-refractivity contribution in [1.82, 2.24) is 4.57 Å². The van der Waals surface area contributed by atoms with Gasteiger partial charge in [0.05, 0.1) is 0 Å². The molecule has 0 atom stereocenters. The first-order valence-corrected chi connectivity index (χ1v) is 8.91. The number of rotatable bonds is 2. The first-order chi connectivity index (χ1) is 12.5. The summed E-state index contributed by atoms with van der Waals surface area (Å²) >= 11 is 6.31. The minimum atomic E-state index is -0.0608. The van der Waals surface area contributed by atoms with Gasteiger partial charge in [0.2, 0.25) is 0 Å². The Bertz CT molecular complexity index is 1080. The van der Waals surface area contributed by atoms with E-state index in [0.29, 0.717) is 5.57 Å². The maximum Gasteiger partial charge on any atom is 0.256 e. The van der Waals surface area contributed by atoms with Crippen molar-refractivity contribution >= 4 is 34.8 Å². The van der Waals surface area contributed by atoms with E-state index >= 15 is 0 Å². The van der Waals surface area contributed by atoms with Crippen LogP contribution in [-0.2, 0) is 4.79 Å². The van der Waals surface area contributed by atoms with Crippen LogP contribution in [0.3, 0.4) is 0 Å². The molecule has 0 bridgehead atoms. The van der Waals surface area contributed by atoms with Crippen molar-refractivity contribution in [1.29, 1.82) is 0 Å². The minimum Gasteiger partial charge on any atom is -0.321 e. The number of benzene rings is 2. The lowest BCUT2D eigenvalue weighted by molar-refractivity contribution is -0.110. The number of aryl methyl sites for hydroxylation is 2. The molecular weight excluding hydrogens is 344 g/mol. The highest BCUT2D eigenvalue weighted by Gasteiger charge is 2.24. The van der Waals surface area contributed by atoms with Crippen LogP contribution in [-0.4, -0.2) is 10.5 Å². The van der Waals surface area contributed by atoms with Crippen LogP contribution in [0.1, 0.15) is 28.1 Å². The zero-order valence-electron chi connectivity index (χ0n) is 14.9. The van der Waals surface area contributed by atoms with E-state index in [1.165, 1.54) is 0 Å². The number of nitrogens with one attached hydrogen (secondary N) is 1. The number of hydrogen-bond donors (Lipinski definition) is 1. The normalized spacial score (nSPS) is 14.6. The Labute approximate surface area is 157 Å². The van der Waals surface area contributed by atoms with E-state index in [2.05, 4.69) is 35.9 Å². The summed E-state index contributed by atoms with van der Waals surface area (Å²) in [5, 5.41) is 3.67. The average Bonchev–Trinajstić information content (AvgIpc) is 3.07.